The summed E-state index contributed by atoms with van der Waals surface area (Å²) in [7, 11) is 1.66. The summed E-state index contributed by atoms with van der Waals surface area (Å²) in [6.45, 7) is 2.05. The Morgan fingerprint density at radius 1 is 1.20 bits per heavy atom. The van der Waals surface area contributed by atoms with Crippen molar-refractivity contribution in [2.45, 2.75) is 12.8 Å². The number of nitrogens with one attached hydrogen (secondary N) is 1. The number of H-pyrrole nitrogens is 1. The van der Waals surface area contributed by atoms with E-state index < -0.39 is 0 Å². The second-order valence-corrected chi connectivity index (χ2v) is 4.98. The lowest BCUT2D eigenvalue weighted by Crippen LogP contribution is -2.18. The van der Waals surface area contributed by atoms with Gasteiger partial charge in [-0.1, -0.05) is 0 Å². The first-order valence-electron chi connectivity index (χ1n) is 6.84. The second kappa shape index (κ2) is 5.30. The average molecular weight is 267 g/mol. The number of hydrogen-bond acceptors (Lipinski definition) is 3. The van der Waals surface area contributed by atoms with E-state index in [2.05, 4.69) is 16.0 Å². The van der Waals surface area contributed by atoms with Crippen LogP contribution >= 0.6 is 0 Å². The molecule has 1 saturated heterocycles. The van der Waals surface area contributed by atoms with Crippen molar-refractivity contribution < 1.29 is 4.74 Å². The maximum absolute atomic E-state index is 9.30. The summed E-state index contributed by atoms with van der Waals surface area (Å²) < 4.78 is 5.17. The van der Waals surface area contributed by atoms with Gasteiger partial charge in [0.2, 0.25) is 0 Å². The lowest BCUT2D eigenvalue weighted by Gasteiger charge is -2.15. The Hall–Kier alpha value is -2.41. The molecular formula is C16H17N3O. The molecule has 0 radical (unpaired) electrons. The lowest BCUT2D eigenvalue weighted by molar-refractivity contribution is 0.415. The zero-order chi connectivity index (χ0) is 13.9. The van der Waals surface area contributed by atoms with Crippen LogP contribution in [0.1, 0.15) is 18.4 Å². The number of benzene rings is 1. The van der Waals surface area contributed by atoms with Crippen LogP contribution in [0.5, 0.6) is 5.75 Å². The van der Waals surface area contributed by atoms with Crippen molar-refractivity contribution in [3.63, 3.8) is 0 Å². The van der Waals surface area contributed by atoms with E-state index in [0.29, 0.717) is 0 Å². The van der Waals surface area contributed by atoms with E-state index in [9.17, 15) is 5.26 Å². The Morgan fingerprint density at radius 2 is 1.90 bits per heavy atom. The summed E-state index contributed by atoms with van der Waals surface area (Å²) in [6.07, 6.45) is 2.39. The molecule has 1 fully saturated rings. The first-order chi connectivity index (χ1) is 9.81. The molecule has 2 aromatic rings. The van der Waals surface area contributed by atoms with E-state index in [1.165, 1.54) is 12.8 Å². The molecule has 20 heavy (non-hydrogen) atoms. The van der Waals surface area contributed by atoms with Gasteiger partial charge in [-0.3, -0.25) is 0 Å². The van der Waals surface area contributed by atoms with E-state index in [-0.39, 0.29) is 0 Å². The molecule has 4 nitrogen and oxygen atoms in total. The highest BCUT2D eigenvalue weighted by Crippen LogP contribution is 2.30. The minimum atomic E-state index is 0.720. The van der Waals surface area contributed by atoms with Crippen molar-refractivity contribution in [2.24, 2.45) is 0 Å². The largest absolute Gasteiger partial charge is 0.497 e. The number of anilines is 1. The number of rotatable bonds is 3. The van der Waals surface area contributed by atoms with Crippen LogP contribution in [0.25, 0.3) is 11.3 Å². The number of nitriles is 1. The molecule has 3 rings (SSSR count). The maximum Gasteiger partial charge on any atom is 0.124 e. The van der Waals surface area contributed by atoms with Gasteiger partial charge in [-0.2, -0.15) is 5.26 Å². The minimum absolute atomic E-state index is 0.720. The number of nitrogens with zero attached hydrogens (tertiary/aromatic N) is 2. The van der Waals surface area contributed by atoms with Crippen molar-refractivity contribution >= 4 is 5.82 Å². The molecule has 1 N–H and O–H groups in total. The summed E-state index contributed by atoms with van der Waals surface area (Å²) in [6, 6.07) is 12.1. The molecule has 0 atom stereocenters. The third-order valence-corrected chi connectivity index (χ3v) is 3.74. The molecule has 0 spiro atoms. The first kappa shape index (κ1) is 12.6. The van der Waals surface area contributed by atoms with Gasteiger partial charge in [0.15, 0.2) is 0 Å². The predicted octanol–water partition coefficient (Wildman–Crippen LogP) is 3.16. The first-order valence-corrected chi connectivity index (χ1v) is 6.84. The quantitative estimate of drug-likeness (QED) is 0.929. The van der Waals surface area contributed by atoms with Gasteiger partial charge in [0.25, 0.3) is 0 Å². The number of ether oxygens (including phenoxy) is 1. The third kappa shape index (κ3) is 2.23. The summed E-state index contributed by atoms with van der Waals surface area (Å²) in [5, 5.41) is 9.30. The monoisotopic (exact) mass is 267 g/mol. The summed E-state index contributed by atoms with van der Waals surface area (Å²) >= 11 is 0. The van der Waals surface area contributed by atoms with Crippen LogP contribution in [0.4, 0.5) is 5.82 Å². The number of aromatic amines is 1. The molecule has 1 aliphatic heterocycles. The summed E-state index contributed by atoms with van der Waals surface area (Å²) in [4.78, 5) is 5.65. The van der Waals surface area contributed by atoms with Crippen LogP contribution in [0.3, 0.4) is 0 Å². The number of hydrogen-bond donors (Lipinski definition) is 1. The van der Waals surface area contributed by atoms with E-state index in [0.717, 1.165) is 41.5 Å². The summed E-state index contributed by atoms with van der Waals surface area (Å²) in [5.74, 6) is 1.79. The average Bonchev–Trinajstić information content (AvgIpc) is 3.16. The molecule has 0 amide bonds. The van der Waals surface area contributed by atoms with E-state index >= 15 is 0 Å². The highest BCUT2D eigenvalue weighted by atomic mass is 16.5. The molecule has 1 aromatic heterocycles. The molecular weight excluding hydrogens is 250 g/mol. The van der Waals surface area contributed by atoms with Gasteiger partial charge >= 0.3 is 0 Å². The van der Waals surface area contributed by atoms with Gasteiger partial charge in [0.05, 0.1) is 12.7 Å². The molecule has 0 saturated carbocycles. The predicted molar refractivity (Wildman–Crippen MR) is 78.9 cm³/mol. The molecule has 0 bridgehead atoms. The van der Waals surface area contributed by atoms with Crippen LogP contribution in [0, 0.1) is 11.3 Å². The Balaban J connectivity index is 1.95. The highest BCUT2D eigenvalue weighted by Gasteiger charge is 2.18. The van der Waals surface area contributed by atoms with Crippen LogP contribution < -0.4 is 9.64 Å². The molecule has 4 heteroatoms. The Morgan fingerprint density at radius 3 is 2.50 bits per heavy atom. The molecule has 0 unspecified atom stereocenters. The Labute approximate surface area is 118 Å². The van der Waals surface area contributed by atoms with Crippen molar-refractivity contribution in [1.82, 2.24) is 4.98 Å². The smallest absolute Gasteiger partial charge is 0.124 e. The fraction of sp³-hybridized carbons (Fsp3) is 0.312. The highest BCUT2D eigenvalue weighted by molar-refractivity contribution is 5.70. The fourth-order valence-electron chi connectivity index (χ4n) is 2.65. The zero-order valence-electron chi connectivity index (χ0n) is 11.5. The normalized spacial score (nSPS) is 14.3. The standard InChI is InChI=1S/C16H17N3O/c1-20-14-6-4-12(5-7-14)15-10-13(11-17)16(18-15)19-8-2-3-9-19/h4-7,10,18H,2-3,8-9H2,1H3. The van der Waals surface area contributed by atoms with Gasteiger partial charge in [-0.15, -0.1) is 0 Å². The molecule has 0 aliphatic carbocycles. The van der Waals surface area contributed by atoms with Crippen molar-refractivity contribution in [2.75, 3.05) is 25.1 Å². The van der Waals surface area contributed by atoms with E-state index in [1.807, 2.05) is 30.3 Å². The van der Waals surface area contributed by atoms with Crippen LogP contribution in [-0.4, -0.2) is 25.2 Å². The van der Waals surface area contributed by atoms with Gasteiger partial charge in [-0.05, 0) is 48.7 Å². The zero-order valence-corrected chi connectivity index (χ0v) is 11.5. The molecule has 1 aliphatic rings. The van der Waals surface area contributed by atoms with Gasteiger partial charge in [-0.25, -0.2) is 0 Å². The van der Waals surface area contributed by atoms with E-state index in [4.69, 9.17) is 4.74 Å². The van der Waals surface area contributed by atoms with Crippen LogP contribution in [0.15, 0.2) is 30.3 Å². The Kier molecular flexibility index (Phi) is 3.34. The number of methoxy groups -OCH3 is 1. The lowest BCUT2D eigenvalue weighted by atomic mass is 10.1. The number of aromatic nitrogens is 1. The van der Waals surface area contributed by atoms with Crippen molar-refractivity contribution in [3.05, 3.63) is 35.9 Å². The molecule has 2 heterocycles. The minimum Gasteiger partial charge on any atom is -0.497 e. The Bertz CT molecular complexity index is 631. The maximum atomic E-state index is 9.30. The van der Waals surface area contributed by atoms with E-state index in [1.54, 1.807) is 7.11 Å². The van der Waals surface area contributed by atoms with Gasteiger partial charge in [0.1, 0.15) is 17.6 Å². The fourth-order valence-corrected chi connectivity index (χ4v) is 2.65. The topological polar surface area (TPSA) is 52.0 Å². The van der Waals surface area contributed by atoms with Crippen molar-refractivity contribution in [1.29, 1.82) is 5.26 Å². The van der Waals surface area contributed by atoms with Crippen LogP contribution in [0.2, 0.25) is 0 Å². The third-order valence-electron chi connectivity index (χ3n) is 3.74. The molecule has 1 aromatic carbocycles. The SMILES string of the molecule is COc1ccc(-c2cc(C#N)c(N3CCCC3)[nH]2)cc1. The molecule has 102 valence electrons. The van der Waals surface area contributed by atoms with Gasteiger partial charge in [0, 0.05) is 18.8 Å². The second-order valence-electron chi connectivity index (χ2n) is 4.98. The summed E-state index contributed by atoms with van der Waals surface area (Å²) in [5.41, 5.74) is 2.76. The van der Waals surface area contributed by atoms with Crippen LogP contribution in [-0.2, 0) is 0 Å². The van der Waals surface area contributed by atoms with Gasteiger partial charge < -0.3 is 14.6 Å². The van der Waals surface area contributed by atoms with Crippen molar-refractivity contribution in [3.8, 4) is 23.1 Å².